The SMILES string of the molecule is C=C=CCN1CCCC1=O. The summed E-state index contributed by atoms with van der Waals surface area (Å²) in [5.74, 6) is 0.256. The molecule has 0 bridgehead atoms. The summed E-state index contributed by atoms with van der Waals surface area (Å²) < 4.78 is 0. The molecule has 1 amide bonds. The minimum absolute atomic E-state index is 0.256. The van der Waals surface area contributed by atoms with Crippen molar-refractivity contribution in [1.29, 1.82) is 0 Å². The first-order valence-corrected chi connectivity index (χ1v) is 3.46. The molecule has 54 valence electrons. The lowest BCUT2D eigenvalue weighted by Gasteiger charge is -2.10. The van der Waals surface area contributed by atoms with Crippen LogP contribution in [0.25, 0.3) is 0 Å². The Morgan fingerprint density at radius 1 is 1.80 bits per heavy atom. The van der Waals surface area contributed by atoms with Gasteiger partial charge in [0.25, 0.3) is 0 Å². The highest BCUT2D eigenvalue weighted by atomic mass is 16.2. The van der Waals surface area contributed by atoms with Gasteiger partial charge in [0.1, 0.15) is 0 Å². The first-order chi connectivity index (χ1) is 4.84. The molecule has 2 heteroatoms. The maximum atomic E-state index is 10.9. The Morgan fingerprint density at radius 3 is 3.10 bits per heavy atom. The predicted molar refractivity (Wildman–Crippen MR) is 39.5 cm³/mol. The van der Waals surface area contributed by atoms with Gasteiger partial charge in [-0.2, -0.15) is 0 Å². The lowest BCUT2D eigenvalue weighted by atomic mass is 10.4. The zero-order chi connectivity index (χ0) is 7.40. The summed E-state index contributed by atoms with van der Waals surface area (Å²) in [5.41, 5.74) is 2.65. The summed E-state index contributed by atoms with van der Waals surface area (Å²) in [4.78, 5) is 12.8. The summed E-state index contributed by atoms with van der Waals surface area (Å²) in [6.45, 7) is 5.01. The van der Waals surface area contributed by atoms with Crippen molar-refractivity contribution in [1.82, 2.24) is 4.90 Å². The molecule has 0 saturated carbocycles. The van der Waals surface area contributed by atoms with Gasteiger partial charge in [0.2, 0.25) is 5.91 Å². The summed E-state index contributed by atoms with van der Waals surface area (Å²) in [7, 11) is 0. The predicted octanol–water partition coefficient (Wildman–Crippen LogP) is 0.950. The molecule has 10 heavy (non-hydrogen) atoms. The molecule has 0 atom stereocenters. The first kappa shape index (κ1) is 7.10. The monoisotopic (exact) mass is 137 g/mol. The van der Waals surface area contributed by atoms with E-state index in [-0.39, 0.29) is 5.91 Å². The molecule has 1 saturated heterocycles. The smallest absolute Gasteiger partial charge is 0.222 e. The van der Waals surface area contributed by atoms with E-state index in [0.29, 0.717) is 13.0 Å². The molecule has 1 fully saturated rings. The molecule has 0 aromatic rings. The van der Waals surface area contributed by atoms with Crippen LogP contribution in [0.1, 0.15) is 12.8 Å². The summed E-state index contributed by atoms with van der Waals surface area (Å²) in [5, 5.41) is 0. The van der Waals surface area contributed by atoms with Crippen LogP contribution in [0.5, 0.6) is 0 Å². The van der Waals surface area contributed by atoms with Gasteiger partial charge in [-0.15, -0.1) is 5.73 Å². The number of rotatable bonds is 2. The van der Waals surface area contributed by atoms with Crippen molar-refractivity contribution in [2.24, 2.45) is 0 Å². The third kappa shape index (κ3) is 1.49. The van der Waals surface area contributed by atoms with E-state index >= 15 is 0 Å². The third-order valence-corrected chi connectivity index (χ3v) is 1.63. The van der Waals surface area contributed by atoms with Gasteiger partial charge < -0.3 is 4.90 Å². The summed E-state index contributed by atoms with van der Waals surface area (Å²) in [6.07, 6.45) is 3.50. The van der Waals surface area contributed by atoms with Crippen molar-refractivity contribution in [3.63, 3.8) is 0 Å². The van der Waals surface area contributed by atoms with E-state index < -0.39 is 0 Å². The highest BCUT2D eigenvalue weighted by Gasteiger charge is 2.17. The quantitative estimate of drug-likeness (QED) is 0.519. The maximum absolute atomic E-state index is 10.9. The average molecular weight is 137 g/mol. The first-order valence-electron chi connectivity index (χ1n) is 3.46. The lowest BCUT2D eigenvalue weighted by molar-refractivity contribution is -0.127. The Bertz CT molecular complexity index is 180. The largest absolute Gasteiger partial charge is 0.338 e. The lowest BCUT2D eigenvalue weighted by Crippen LogP contribution is -2.24. The average Bonchev–Trinajstić information content (AvgIpc) is 2.31. The van der Waals surface area contributed by atoms with Gasteiger partial charge in [-0.05, 0) is 12.5 Å². The molecule has 0 radical (unpaired) electrons. The Labute approximate surface area is 60.8 Å². The van der Waals surface area contributed by atoms with Crippen LogP contribution >= 0.6 is 0 Å². The van der Waals surface area contributed by atoms with Crippen LogP contribution in [0.2, 0.25) is 0 Å². The standard InChI is InChI=1S/C8H11NO/c1-2-3-6-9-7-4-5-8(9)10/h3H,1,4-7H2. The molecule has 0 aromatic carbocycles. The molecule has 1 heterocycles. The highest BCUT2D eigenvalue weighted by Crippen LogP contribution is 2.08. The molecule has 1 aliphatic heterocycles. The zero-order valence-corrected chi connectivity index (χ0v) is 5.97. The molecule has 0 aliphatic carbocycles. The fourth-order valence-corrected chi connectivity index (χ4v) is 1.07. The minimum Gasteiger partial charge on any atom is -0.338 e. The topological polar surface area (TPSA) is 20.3 Å². The van der Waals surface area contributed by atoms with Gasteiger partial charge in [-0.1, -0.05) is 6.58 Å². The van der Waals surface area contributed by atoms with E-state index in [4.69, 9.17) is 0 Å². The molecular weight excluding hydrogens is 126 g/mol. The number of carbonyl (C=O) groups excluding carboxylic acids is 1. The number of carbonyl (C=O) groups is 1. The number of nitrogens with zero attached hydrogens (tertiary/aromatic N) is 1. The fourth-order valence-electron chi connectivity index (χ4n) is 1.07. The molecule has 0 N–H and O–H groups in total. The second-order valence-corrected chi connectivity index (χ2v) is 2.35. The fraction of sp³-hybridized carbons (Fsp3) is 0.500. The van der Waals surface area contributed by atoms with Crippen molar-refractivity contribution in [2.75, 3.05) is 13.1 Å². The van der Waals surface area contributed by atoms with Gasteiger partial charge in [0.05, 0.1) is 0 Å². The molecule has 1 rings (SSSR count). The van der Waals surface area contributed by atoms with E-state index in [2.05, 4.69) is 12.3 Å². The number of likely N-dealkylation sites (tertiary alicyclic amines) is 1. The highest BCUT2D eigenvalue weighted by molar-refractivity contribution is 5.78. The van der Waals surface area contributed by atoms with Gasteiger partial charge >= 0.3 is 0 Å². The van der Waals surface area contributed by atoms with Crippen molar-refractivity contribution in [3.05, 3.63) is 18.4 Å². The Balaban J connectivity index is 2.40. The van der Waals surface area contributed by atoms with E-state index in [1.807, 2.05) is 4.90 Å². The molecule has 0 unspecified atom stereocenters. The van der Waals surface area contributed by atoms with Crippen LogP contribution in [0.3, 0.4) is 0 Å². The van der Waals surface area contributed by atoms with Crippen LogP contribution in [0.4, 0.5) is 0 Å². The Kier molecular flexibility index (Phi) is 2.30. The van der Waals surface area contributed by atoms with E-state index in [1.165, 1.54) is 0 Å². The molecule has 0 spiro atoms. The van der Waals surface area contributed by atoms with Gasteiger partial charge in [-0.3, -0.25) is 4.79 Å². The zero-order valence-electron chi connectivity index (χ0n) is 5.97. The van der Waals surface area contributed by atoms with Crippen molar-refractivity contribution >= 4 is 5.91 Å². The van der Waals surface area contributed by atoms with Gasteiger partial charge in [0, 0.05) is 19.5 Å². The number of hydrogen-bond donors (Lipinski definition) is 0. The van der Waals surface area contributed by atoms with Crippen LogP contribution < -0.4 is 0 Å². The second kappa shape index (κ2) is 3.23. The van der Waals surface area contributed by atoms with Crippen LogP contribution in [-0.4, -0.2) is 23.9 Å². The summed E-state index contributed by atoms with van der Waals surface area (Å²) in [6, 6.07) is 0. The number of hydrogen-bond acceptors (Lipinski definition) is 1. The minimum atomic E-state index is 0.256. The van der Waals surface area contributed by atoms with Crippen LogP contribution in [0, 0.1) is 0 Å². The second-order valence-electron chi connectivity index (χ2n) is 2.35. The Hall–Kier alpha value is -1.01. The maximum Gasteiger partial charge on any atom is 0.222 e. The normalized spacial score (nSPS) is 17.2. The van der Waals surface area contributed by atoms with Crippen molar-refractivity contribution in [3.8, 4) is 0 Å². The molecular formula is C8H11NO. The molecule has 1 aliphatic rings. The number of amides is 1. The molecule has 2 nitrogen and oxygen atoms in total. The van der Waals surface area contributed by atoms with Crippen molar-refractivity contribution < 1.29 is 4.79 Å². The van der Waals surface area contributed by atoms with Crippen molar-refractivity contribution in [2.45, 2.75) is 12.8 Å². The van der Waals surface area contributed by atoms with Crippen LogP contribution in [0.15, 0.2) is 18.4 Å². The molecule has 0 aromatic heterocycles. The Morgan fingerprint density at radius 2 is 2.60 bits per heavy atom. The van der Waals surface area contributed by atoms with E-state index in [0.717, 1.165) is 13.0 Å². The third-order valence-electron chi connectivity index (χ3n) is 1.63. The van der Waals surface area contributed by atoms with Gasteiger partial charge in [0.15, 0.2) is 0 Å². The van der Waals surface area contributed by atoms with E-state index in [9.17, 15) is 4.79 Å². The van der Waals surface area contributed by atoms with E-state index in [1.54, 1.807) is 6.08 Å². The van der Waals surface area contributed by atoms with Crippen LogP contribution in [-0.2, 0) is 4.79 Å². The summed E-state index contributed by atoms with van der Waals surface area (Å²) >= 11 is 0. The van der Waals surface area contributed by atoms with Gasteiger partial charge in [-0.25, -0.2) is 0 Å².